The fourth-order valence-electron chi connectivity index (χ4n) is 1.50. The van der Waals surface area contributed by atoms with Gasteiger partial charge in [-0.15, -0.1) is 0 Å². The fraction of sp³-hybridized carbons (Fsp3) is 0.462. The molecule has 16 heavy (non-hydrogen) atoms. The van der Waals surface area contributed by atoms with Gasteiger partial charge in [0, 0.05) is 5.56 Å². The van der Waals surface area contributed by atoms with Gasteiger partial charge < -0.3 is 10.5 Å². The molecule has 0 spiro atoms. The van der Waals surface area contributed by atoms with Gasteiger partial charge in [-0.2, -0.15) is 0 Å². The summed E-state index contributed by atoms with van der Waals surface area (Å²) < 4.78 is 5.63. The van der Waals surface area contributed by atoms with Gasteiger partial charge >= 0.3 is 0 Å². The number of primary amides is 1. The minimum absolute atomic E-state index is 0.311. The lowest BCUT2D eigenvalue weighted by molar-refractivity contribution is 0.1000. The lowest BCUT2D eigenvalue weighted by Gasteiger charge is -2.14. The summed E-state index contributed by atoms with van der Waals surface area (Å²) in [6.45, 7) is 6.89. The van der Waals surface area contributed by atoms with E-state index in [9.17, 15) is 4.79 Å². The molecule has 0 unspecified atom stereocenters. The first-order valence-corrected chi connectivity index (χ1v) is 5.62. The summed E-state index contributed by atoms with van der Waals surface area (Å²) in [7, 11) is 0. The molecule has 0 bridgehead atoms. The molecule has 0 aliphatic carbocycles. The van der Waals surface area contributed by atoms with Crippen LogP contribution in [0, 0.1) is 0 Å². The van der Waals surface area contributed by atoms with Gasteiger partial charge in [0.2, 0.25) is 5.91 Å². The first-order valence-electron chi connectivity index (χ1n) is 5.62. The van der Waals surface area contributed by atoms with E-state index in [0.717, 1.165) is 17.7 Å². The highest BCUT2D eigenvalue weighted by Crippen LogP contribution is 2.27. The highest BCUT2D eigenvalue weighted by Gasteiger charge is 2.11. The molecular weight excluding hydrogens is 202 g/mol. The Bertz CT molecular complexity index is 372. The number of benzene rings is 1. The van der Waals surface area contributed by atoms with Crippen molar-refractivity contribution in [1.29, 1.82) is 0 Å². The maximum Gasteiger partial charge on any atom is 0.248 e. The summed E-state index contributed by atoms with van der Waals surface area (Å²) in [6, 6.07) is 5.35. The Morgan fingerprint density at radius 3 is 2.62 bits per heavy atom. The first kappa shape index (κ1) is 12.6. The molecule has 0 saturated carbocycles. The summed E-state index contributed by atoms with van der Waals surface area (Å²) >= 11 is 0. The minimum atomic E-state index is -0.399. The van der Waals surface area contributed by atoms with Crippen LogP contribution in [0.2, 0.25) is 0 Å². The fourth-order valence-corrected chi connectivity index (χ4v) is 1.50. The minimum Gasteiger partial charge on any atom is -0.493 e. The third-order valence-corrected chi connectivity index (χ3v) is 2.38. The molecular formula is C13H19NO2. The second kappa shape index (κ2) is 5.54. The Hall–Kier alpha value is -1.51. The zero-order valence-corrected chi connectivity index (χ0v) is 10.1. The molecule has 1 rings (SSSR count). The van der Waals surface area contributed by atoms with E-state index < -0.39 is 5.91 Å². The average Bonchev–Trinajstić information content (AvgIpc) is 2.25. The van der Waals surface area contributed by atoms with E-state index in [1.807, 2.05) is 12.1 Å². The highest BCUT2D eigenvalue weighted by atomic mass is 16.5. The molecule has 1 aromatic rings. The Morgan fingerprint density at radius 1 is 1.44 bits per heavy atom. The van der Waals surface area contributed by atoms with Gasteiger partial charge in [-0.25, -0.2) is 0 Å². The zero-order valence-electron chi connectivity index (χ0n) is 10.1. The topological polar surface area (TPSA) is 52.3 Å². The summed E-state index contributed by atoms with van der Waals surface area (Å²) in [5.41, 5.74) is 6.82. The molecule has 2 N–H and O–H groups in total. The van der Waals surface area contributed by atoms with Gasteiger partial charge in [-0.05, 0) is 36.1 Å². The van der Waals surface area contributed by atoms with Crippen molar-refractivity contribution in [1.82, 2.24) is 0 Å². The van der Waals surface area contributed by atoms with Crippen molar-refractivity contribution in [2.24, 2.45) is 5.73 Å². The third kappa shape index (κ3) is 2.99. The standard InChI is InChI=1S/C13H19NO2/c1-4-7-16-12-6-5-10(13(14)15)8-11(12)9(2)3/h5-6,8-9H,4,7H2,1-3H3,(H2,14,15). The van der Waals surface area contributed by atoms with Crippen molar-refractivity contribution >= 4 is 5.91 Å². The maximum atomic E-state index is 11.1. The number of carbonyl (C=O) groups is 1. The Morgan fingerprint density at radius 2 is 2.12 bits per heavy atom. The van der Waals surface area contributed by atoms with Crippen molar-refractivity contribution in [2.45, 2.75) is 33.1 Å². The molecule has 3 nitrogen and oxygen atoms in total. The number of ether oxygens (including phenoxy) is 1. The van der Waals surface area contributed by atoms with E-state index in [1.165, 1.54) is 0 Å². The average molecular weight is 221 g/mol. The van der Waals surface area contributed by atoms with Crippen LogP contribution in [0.4, 0.5) is 0 Å². The van der Waals surface area contributed by atoms with Crippen LogP contribution in [0.15, 0.2) is 18.2 Å². The summed E-state index contributed by atoms with van der Waals surface area (Å²) in [5, 5.41) is 0. The molecule has 0 aliphatic rings. The van der Waals surface area contributed by atoms with E-state index in [2.05, 4.69) is 20.8 Å². The molecule has 0 atom stereocenters. The van der Waals surface area contributed by atoms with Crippen LogP contribution in [0.5, 0.6) is 5.75 Å². The molecule has 88 valence electrons. The van der Waals surface area contributed by atoms with E-state index in [0.29, 0.717) is 18.1 Å². The quantitative estimate of drug-likeness (QED) is 0.831. The number of hydrogen-bond acceptors (Lipinski definition) is 2. The highest BCUT2D eigenvalue weighted by molar-refractivity contribution is 5.93. The van der Waals surface area contributed by atoms with E-state index >= 15 is 0 Å². The van der Waals surface area contributed by atoms with Gasteiger partial charge in [0.1, 0.15) is 5.75 Å². The molecule has 0 saturated heterocycles. The van der Waals surface area contributed by atoms with E-state index in [1.54, 1.807) is 6.07 Å². The molecule has 0 fully saturated rings. The number of amides is 1. The van der Waals surface area contributed by atoms with Crippen LogP contribution in [-0.2, 0) is 0 Å². The zero-order chi connectivity index (χ0) is 12.1. The molecule has 0 heterocycles. The summed E-state index contributed by atoms with van der Waals surface area (Å²) in [6.07, 6.45) is 0.967. The van der Waals surface area contributed by atoms with Crippen LogP contribution < -0.4 is 10.5 Å². The predicted molar refractivity (Wildman–Crippen MR) is 64.8 cm³/mol. The van der Waals surface area contributed by atoms with Crippen LogP contribution in [0.1, 0.15) is 49.0 Å². The normalized spacial score (nSPS) is 10.5. The van der Waals surface area contributed by atoms with Gasteiger partial charge in [-0.1, -0.05) is 20.8 Å². The number of nitrogens with two attached hydrogens (primary N) is 1. The second-order valence-corrected chi connectivity index (χ2v) is 4.12. The van der Waals surface area contributed by atoms with Gasteiger partial charge in [-0.3, -0.25) is 4.79 Å². The smallest absolute Gasteiger partial charge is 0.248 e. The molecule has 3 heteroatoms. The molecule has 0 radical (unpaired) electrons. The van der Waals surface area contributed by atoms with Gasteiger partial charge in [0.15, 0.2) is 0 Å². The first-order chi connectivity index (χ1) is 7.56. The van der Waals surface area contributed by atoms with E-state index in [-0.39, 0.29) is 0 Å². The lowest BCUT2D eigenvalue weighted by Crippen LogP contribution is -2.12. The molecule has 0 aliphatic heterocycles. The third-order valence-electron chi connectivity index (χ3n) is 2.38. The van der Waals surface area contributed by atoms with Gasteiger partial charge in [0.25, 0.3) is 0 Å². The molecule has 1 aromatic carbocycles. The SMILES string of the molecule is CCCOc1ccc(C(N)=O)cc1C(C)C. The predicted octanol–water partition coefficient (Wildman–Crippen LogP) is 2.70. The van der Waals surface area contributed by atoms with Crippen LogP contribution >= 0.6 is 0 Å². The monoisotopic (exact) mass is 221 g/mol. The van der Waals surface area contributed by atoms with Gasteiger partial charge in [0.05, 0.1) is 6.61 Å². The van der Waals surface area contributed by atoms with Crippen molar-refractivity contribution in [3.05, 3.63) is 29.3 Å². The van der Waals surface area contributed by atoms with Crippen LogP contribution in [-0.4, -0.2) is 12.5 Å². The largest absolute Gasteiger partial charge is 0.493 e. The summed E-state index contributed by atoms with van der Waals surface area (Å²) in [4.78, 5) is 11.1. The van der Waals surface area contributed by atoms with Crippen LogP contribution in [0.25, 0.3) is 0 Å². The Labute approximate surface area is 96.6 Å². The van der Waals surface area contributed by atoms with Crippen molar-refractivity contribution in [3.8, 4) is 5.75 Å². The van der Waals surface area contributed by atoms with Crippen molar-refractivity contribution in [2.75, 3.05) is 6.61 Å². The van der Waals surface area contributed by atoms with Crippen LogP contribution in [0.3, 0.4) is 0 Å². The number of carbonyl (C=O) groups excluding carboxylic acids is 1. The maximum absolute atomic E-state index is 11.1. The summed E-state index contributed by atoms with van der Waals surface area (Å²) in [5.74, 6) is 0.761. The molecule has 0 aromatic heterocycles. The lowest BCUT2D eigenvalue weighted by atomic mass is 9.99. The number of rotatable bonds is 5. The van der Waals surface area contributed by atoms with Crippen molar-refractivity contribution < 1.29 is 9.53 Å². The van der Waals surface area contributed by atoms with E-state index in [4.69, 9.17) is 10.5 Å². The number of hydrogen-bond donors (Lipinski definition) is 1. The van der Waals surface area contributed by atoms with Crippen molar-refractivity contribution in [3.63, 3.8) is 0 Å². The Balaban J connectivity index is 3.04. The Kier molecular flexibility index (Phi) is 4.35. The second-order valence-electron chi connectivity index (χ2n) is 4.12. The molecule has 1 amide bonds.